The molecule has 0 unspecified atom stereocenters. The predicted molar refractivity (Wildman–Crippen MR) is 165 cm³/mol. The number of aromatic nitrogens is 1. The first-order chi connectivity index (χ1) is 19.5. The normalized spacial score (nSPS) is 12.5. The lowest BCUT2D eigenvalue weighted by molar-refractivity contribution is -0.120. The first kappa shape index (κ1) is 32.0. The third-order valence-electron chi connectivity index (χ3n) is 7.03. The van der Waals surface area contributed by atoms with Gasteiger partial charge in [-0.05, 0) is 58.9 Å². The molecule has 0 aliphatic heterocycles. The zero-order chi connectivity index (χ0) is 29.9. The lowest BCUT2D eigenvalue weighted by Crippen LogP contribution is -2.44. The van der Waals surface area contributed by atoms with Gasteiger partial charge in [-0.2, -0.15) is 0 Å². The lowest BCUT2D eigenvalue weighted by Gasteiger charge is -2.19. The van der Waals surface area contributed by atoms with Crippen LogP contribution in [0.25, 0.3) is 0 Å². The minimum absolute atomic E-state index is 0.00316. The number of rotatable bonds is 14. The Kier molecular flexibility index (Phi) is 11.6. The van der Waals surface area contributed by atoms with Crippen LogP contribution >= 0.6 is 0 Å². The second kappa shape index (κ2) is 14.9. The van der Waals surface area contributed by atoms with E-state index < -0.39 is 21.9 Å². The number of pyridine rings is 1. The monoisotopic (exact) mass is 577 g/mol. The van der Waals surface area contributed by atoms with Crippen LogP contribution in [0.1, 0.15) is 82.9 Å². The van der Waals surface area contributed by atoms with E-state index in [-0.39, 0.29) is 21.8 Å². The molecule has 2 aromatic carbocycles. The van der Waals surface area contributed by atoms with Gasteiger partial charge in [0, 0.05) is 30.9 Å². The molecular weight excluding hydrogens is 534 g/mol. The van der Waals surface area contributed by atoms with Gasteiger partial charge in [0.05, 0.1) is 16.7 Å². The van der Waals surface area contributed by atoms with Gasteiger partial charge in [0.25, 0.3) is 0 Å². The van der Waals surface area contributed by atoms with Crippen molar-refractivity contribution in [2.75, 3.05) is 5.32 Å². The number of anilines is 1. The summed E-state index contributed by atoms with van der Waals surface area (Å²) in [4.78, 5) is 30.3. The maximum Gasteiger partial charge on any atom is 0.319 e. The number of urea groups is 1. The molecule has 1 atom stereocenters. The van der Waals surface area contributed by atoms with Crippen molar-refractivity contribution in [1.82, 2.24) is 10.3 Å². The van der Waals surface area contributed by atoms with Gasteiger partial charge in [-0.15, -0.1) is 0 Å². The van der Waals surface area contributed by atoms with Gasteiger partial charge < -0.3 is 10.6 Å². The van der Waals surface area contributed by atoms with Crippen molar-refractivity contribution in [2.45, 2.75) is 94.7 Å². The summed E-state index contributed by atoms with van der Waals surface area (Å²) in [5, 5.41) is 5.60. The molecule has 1 aromatic heterocycles. The highest BCUT2D eigenvalue weighted by atomic mass is 32.2. The number of nitrogens with one attached hydrogen (secondary N) is 2. The Morgan fingerprint density at radius 3 is 2.17 bits per heavy atom. The van der Waals surface area contributed by atoms with Crippen molar-refractivity contribution in [1.29, 1.82) is 0 Å². The van der Waals surface area contributed by atoms with E-state index in [9.17, 15) is 18.0 Å². The van der Waals surface area contributed by atoms with Gasteiger partial charge >= 0.3 is 6.03 Å². The molecule has 41 heavy (non-hydrogen) atoms. The summed E-state index contributed by atoms with van der Waals surface area (Å²) < 4.78 is 25.9. The molecule has 2 amide bonds. The molecule has 2 N–H and O–H groups in total. The number of carbonyl (C=O) groups is 2. The molecule has 3 rings (SSSR count). The van der Waals surface area contributed by atoms with Crippen molar-refractivity contribution in [3.8, 4) is 0 Å². The summed E-state index contributed by atoms with van der Waals surface area (Å²) in [5.41, 5.74) is 3.00. The first-order valence-corrected chi connectivity index (χ1v) is 16.0. The van der Waals surface area contributed by atoms with Gasteiger partial charge in [0.2, 0.25) is 0 Å². The number of benzene rings is 2. The number of Topliss-reactive ketones (excluding diaryl/α,β-unsaturated/α-hetero) is 1. The Bertz CT molecular complexity index is 1360. The molecule has 0 aliphatic rings. The van der Waals surface area contributed by atoms with Gasteiger partial charge in [0.15, 0.2) is 15.6 Å². The van der Waals surface area contributed by atoms with Crippen LogP contribution in [0.4, 0.5) is 10.5 Å². The van der Waals surface area contributed by atoms with E-state index >= 15 is 0 Å². The molecule has 0 saturated heterocycles. The smallest absolute Gasteiger partial charge is 0.319 e. The zero-order valence-corrected chi connectivity index (χ0v) is 25.5. The SMILES string of the molecule is CCCCCCCC(=O)[C@@H](Cc1cccnc1)NC(=O)Nc1ccc(CS(=O)(=O)c2ccc(C(C)(C)C)cc2)cc1. The molecule has 220 valence electrons. The summed E-state index contributed by atoms with van der Waals surface area (Å²) in [6, 6.07) is 16.3. The molecule has 0 fully saturated rings. The van der Waals surface area contributed by atoms with E-state index in [0.29, 0.717) is 24.1 Å². The Hall–Kier alpha value is -3.52. The maximum absolute atomic E-state index is 13.0. The molecule has 0 saturated carbocycles. The van der Waals surface area contributed by atoms with Crippen LogP contribution in [-0.4, -0.2) is 31.3 Å². The maximum atomic E-state index is 13.0. The fourth-order valence-corrected chi connectivity index (χ4v) is 5.90. The summed E-state index contributed by atoms with van der Waals surface area (Å²) >= 11 is 0. The first-order valence-electron chi connectivity index (χ1n) is 14.4. The molecule has 0 spiro atoms. The molecule has 7 nitrogen and oxygen atoms in total. The Morgan fingerprint density at radius 2 is 1.56 bits per heavy atom. The quantitative estimate of drug-likeness (QED) is 0.200. The molecular formula is C33H43N3O4S. The molecule has 3 aromatic rings. The van der Waals surface area contributed by atoms with Crippen molar-refractivity contribution in [3.05, 3.63) is 89.7 Å². The van der Waals surface area contributed by atoms with Crippen LogP contribution < -0.4 is 10.6 Å². The van der Waals surface area contributed by atoms with Crippen LogP contribution in [0.2, 0.25) is 0 Å². The largest absolute Gasteiger partial charge is 0.328 e. The zero-order valence-electron chi connectivity index (χ0n) is 24.7. The molecule has 0 aliphatic carbocycles. The minimum atomic E-state index is -3.52. The van der Waals surface area contributed by atoms with Crippen molar-refractivity contribution < 1.29 is 18.0 Å². The van der Waals surface area contributed by atoms with Crippen molar-refractivity contribution in [3.63, 3.8) is 0 Å². The number of sulfone groups is 1. The highest BCUT2D eigenvalue weighted by Crippen LogP contribution is 2.25. The number of amides is 2. The van der Waals surface area contributed by atoms with E-state index in [4.69, 9.17) is 0 Å². The fraction of sp³-hybridized carbons (Fsp3) is 0.424. The molecule has 0 bridgehead atoms. The fourth-order valence-electron chi connectivity index (χ4n) is 4.55. The van der Waals surface area contributed by atoms with Crippen LogP contribution in [-0.2, 0) is 32.2 Å². The Balaban J connectivity index is 1.60. The highest BCUT2D eigenvalue weighted by Gasteiger charge is 2.22. The van der Waals surface area contributed by atoms with Gasteiger partial charge in [-0.1, -0.05) is 83.7 Å². The highest BCUT2D eigenvalue weighted by molar-refractivity contribution is 7.90. The van der Waals surface area contributed by atoms with E-state index in [0.717, 1.165) is 43.2 Å². The second-order valence-corrected chi connectivity index (χ2v) is 13.6. The van der Waals surface area contributed by atoms with Gasteiger partial charge in [-0.25, -0.2) is 13.2 Å². The number of hydrogen-bond acceptors (Lipinski definition) is 5. The Labute approximate surface area is 245 Å². The van der Waals surface area contributed by atoms with E-state index in [1.54, 1.807) is 48.8 Å². The van der Waals surface area contributed by atoms with E-state index in [1.165, 1.54) is 0 Å². The van der Waals surface area contributed by atoms with Crippen molar-refractivity contribution >= 4 is 27.3 Å². The van der Waals surface area contributed by atoms with E-state index in [2.05, 4.69) is 43.3 Å². The third-order valence-corrected chi connectivity index (χ3v) is 8.74. The average Bonchev–Trinajstić information content (AvgIpc) is 2.93. The molecule has 1 heterocycles. The standard InChI is InChI=1S/C33H43N3O4S/c1-5-6-7-8-9-12-31(37)30(22-26-11-10-21-34-23-26)36-32(38)35-28-17-13-25(14-18-28)24-41(39,40)29-19-15-27(16-20-29)33(2,3)4/h10-11,13-21,23,30H,5-9,12,22,24H2,1-4H3,(H2,35,36,38)/t30-/m1/s1. The Morgan fingerprint density at radius 1 is 0.878 bits per heavy atom. The van der Waals surface area contributed by atoms with Gasteiger partial charge in [-0.3, -0.25) is 9.78 Å². The second-order valence-electron chi connectivity index (χ2n) is 11.6. The molecule has 8 heteroatoms. The van der Waals surface area contributed by atoms with Crippen LogP contribution in [0.15, 0.2) is 78.0 Å². The van der Waals surface area contributed by atoms with Crippen molar-refractivity contribution in [2.24, 2.45) is 0 Å². The lowest BCUT2D eigenvalue weighted by atomic mass is 9.87. The van der Waals surface area contributed by atoms with Crippen LogP contribution in [0.5, 0.6) is 0 Å². The third kappa shape index (κ3) is 10.4. The van der Waals surface area contributed by atoms with Crippen LogP contribution in [0.3, 0.4) is 0 Å². The number of nitrogens with zero attached hydrogens (tertiary/aromatic N) is 1. The number of unbranched alkanes of at least 4 members (excludes halogenated alkanes) is 4. The summed E-state index contributed by atoms with van der Waals surface area (Å²) in [6.45, 7) is 8.40. The minimum Gasteiger partial charge on any atom is -0.328 e. The summed E-state index contributed by atoms with van der Waals surface area (Å²) in [5.74, 6) is -0.148. The van der Waals surface area contributed by atoms with Gasteiger partial charge in [0.1, 0.15) is 0 Å². The average molecular weight is 578 g/mol. The number of carbonyl (C=O) groups excluding carboxylic acids is 2. The number of ketones is 1. The summed E-state index contributed by atoms with van der Waals surface area (Å²) in [7, 11) is -3.52. The summed E-state index contributed by atoms with van der Waals surface area (Å²) in [6.07, 6.45) is 9.35. The topological polar surface area (TPSA) is 105 Å². The van der Waals surface area contributed by atoms with E-state index in [1.807, 2.05) is 24.3 Å². The molecule has 0 radical (unpaired) electrons. The predicted octanol–water partition coefficient (Wildman–Crippen LogP) is 7.02. The number of hydrogen-bond donors (Lipinski definition) is 2. The van der Waals surface area contributed by atoms with Crippen LogP contribution in [0, 0.1) is 0 Å².